The summed E-state index contributed by atoms with van der Waals surface area (Å²) in [5.74, 6) is 0.251. The second-order valence-electron chi connectivity index (χ2n) is 6.09. The SMILES string of the molecule is CSc1cccc(NC(=O)CSc2ncnc3nc(N4CCCC4)sc23)c1. The van der Waals surface area contributed by atoms with Crippen molar-refractivity contribution in [2.24, 2.45) is 0 Å². The Morgan fingerprint density at radius 1 is 1.30 bits per heavy atom. The van der Waals surface area contributed by atoms with Crippen LogP contribution in [0.4, 0.5) is 10.8 Å². The van der Waals surface area contributed by atoms with E-state index in [1.54, 1.807) is 23.1 Å². The maximum absolute atomic E-state index is 12.3. The number of thiazole rings is 1. The van der Waals surface area contributed by atoms with Crippen molar-refractivity contribution in [1.82, 2.24) is 15.0 Å². The molecule has 1 aliphatic rings. The van der Waals surface area contributed by atoms with Gasteiger partial charge in [-0.2, -0.15) is 4.98 Å². The lowest BCUT2D eigenvalue weighted by Gasteiger charge is -2.11. The molecule has 6 nitrogen and oxygen atoms in total. The lowest BCUT2D eigenvalue weighted by Crippen LogP contribution is -2.16. The van der Waals surface area contributed by atoms with Crippen LogP contribution in [0.25, 0.3) is 10.3 Å². The van der Waals surface area contributed by atoms with E-state index in [0.717, 1.165) is 38.5 Å². The molecule has 0 spiro atoms. The van der Waals surface area contributed by atoms with Crippen LogP contribution in [-0.4, -0.2) is 46.0 Å². The van der Waals surface area contributed by atoms with Gasteiger partial charge in [-0.3, -0.25) is 4.79 Å². The largest absolute Gasteiger partial charge is 0.348 e. The summed E-state index contributed by atoms with van der Waals surface area (Å²) in [5.41, 5.74) is 1.53. The van der Waals surface area contributed by atoms with E-state index in [1.165, 1.54) is 30.9 Å². The number of hydrogen-bond donors (Lipinski definition) is 1. The summed E-state index contributed by atoms with van der Waals surface area (Å²) in [5, 5.41) is 4.77. The van der Waals surface area contributed by atoms with Crippen molar-refractivity contribution in [3.8, 4) is 0 Å². The molecule has 1 amide bonds. The number of benzene rings is 1. The molecule has 1 saturated heterocycles. The number of nitrogens with zero attached hydrogens (tertiary/aromatic N) is 4. The lowest BCUT2D eigenvalue weighted by molar-refractivity contribution is -0.113. The van der Waals surface area contributed by atoms with Crippen LogP contribution in [-0.2, 0) is 4.79 Å². The summed E-state index contributed by atoms with van der Waals surface area (Å²) in [6.45, 7) is 2.10. The maximum Gasteiger partial charge on any atom is 0.234 e. The second kappa shape index (κ2) is 8.45. The number of hydrogen-bond acceptors (Lipinski definition) is 8. The van der Waals surface area contributed by atoms with Gasteiger partial charge in [-0.05, 0) is 37.3 Å². The van der Waals surface area contributed by atoms with Crippen molar-refractivity contribution in [2.75, 3.05) is 35.3 Å². The van der Waals surface area contributed by atoms with Crippen LogP contribution in [0.3, 0.4) is 0 Å². The van der Waals surface area contributed by atoms with Gasteiger partial charge in [-0.1, -0.05) is 29.2 Å². The molecule has 3 heterocycles. The molecular weight excluding hydrogens is 398 g/mol. The van der Waals surface area contributed by atoms with Gasteiger partial charge in [0, 0.05) is 23.7 Å². The fourth-order valence-corrected chi connectivity index (χ4v) is 5.30. The highest BCUT2D eigenvalue weighted by Gasteiger charge is 2.19. The molecule has 0 radical (unpaired) electrons. The first-order chi connectivity index (χ1) is 13.2. The molecule has 1 fully saturated rings. The normalized spacial score (nSPS) is 14.0. The second-order valence-corrected chi connectivity index (χ2v) is 8.91. The Morgan fingerprint density at radius 3 is 2.96 bits per heavy atom. The summed E-state index contributed by atoms with van der Waals surface area (Å²) in [7, 11) is 0. The molecule has 0 atom stereocenters. The van der Waals surface area contributed by atoms with Crippen LogP contribution in [0.2, 0.25) is 0 Å². The number of thioether (sulfide) groups is 2. The first kappa shape index (κ1) is 18.5. The van der Waals surface area contributed by atoms with E-state index in [1.807, 2.05) is 30.5 Å². The molecular formula is C18H19N5OS3. The quantitative estimate of drug-likeness (QED) is 0.477. The zero-order chi connectivity index (χ0) is 18.6. The van der Waals surface area contributed by atoms with Gasteiger partial charge in [0.05, 0.1) is 5.75 Å². The van der Waals surface area contributed by atoms with Gasteiger partial charge in [0.2, 0.25) is 5.91 Å². The van der Waals surface area contributed by atoms with Crippen molar-refractivity contribution in [2.45, 2.75) is 22.8 Å². The third kappa shape index (κ3) is 4.36. The Labute approximate surface area is 170 Å². The van der Waals surface area contributed by atoms with Crippen LogP contribution >= 0.6 is 34.9 Å². The van der Waals surface area contributed by atoms with Gasteiger partial charge in [0.25, 0.3) is 0 Å². The highest BCUT2D eigenvalue weighted by Crippen LogP contribution is 2.34. The number of carbonyl (C=O) groups excluding carboxylic acids is 1. The van der Waals surface area contributed by atoms with E-state index in [9.17, 15) is 4.79 Å². The van der Waals surface area contributed by atoms with E-state index in [2.05, 4.69) is 25.2 Å². The molecule has 2 aromatic heterocycles. The van der Waals surface area contributed by atoms with Gasteiger partial charge in [0.15, 0.2) is 10.8 Å². The van der Waals surface area contributed by atoms with Crippen molar-refractivity contribution >= 4 is 61.9 Å². The molecule has 0 bridgehead atoms. The van der Waals surface area contributed by atoms with Gasteiger partial charge in [-0.15, -0.1) is 11.8 Å². The van der Waals surface area contributed by atoms with E-state index < -0.39 is 0 Å². The van der Waals surface area contributed by atoms with Crippen molar-refractivity contribution in [3.63, 3.8) is 0 Å². The molecule has 1 aromatic carbocycles. The molecule has 27 heavy (non-hydrogen) atoms. The van der Waals surface area contributed by atoms with Crippen LogP contribution in [0.5, 0.6) is 0 Å². The van der Waals surface area contributed by atoms with Crippen molar-refractivity contribution in [1.29, 1.82) is 0 Å². The summed E-state index contributed by atoms with van der Waals surface area (Å²) in [6.07, 6.45) is 5.96. The summed E-state index contributed by atoms with van der Waals surface area (Å²) < 4.78 is 0.960. The molecule has 1 aliphatic heterocycles. The van der Waals surface area contributed by atoms with Gasteiger partial charge >= 0.3 is 0 Å². The average molecular weight is 418 g/mol. The number of rotatable bonds is 6. The Bertz CT molecular complexity index is 955. The number of amides is 1. The molecule has 9 heteroatoms. The minimum Gasteiger partial charge on any atom is -0.348 e. The Morgan fingerprint density at radius 2 is 2.15 bits per heavy atom. The molecule has 0 aliphatic carbocycles. The monoisotopic (exact) mass is 417 g/mol. The molecule has 1 N–H and O–H groups in total. The lowest BCUT2D eigenvalue weighted by atomic mass is 10.3. The Hall–Kier alpha value is -1.84. The zero-order valence-electron chi connectivity index (χ0n) is 14.8. The summed E-state index contributed by atoms with van der Waals surface area (Å²) in [4.78, 5) is 29.1. The topological polar surface area (TPSA) is 71.0 Å². The highest BCUT2D eigenvalue weighted by atomic mass is 32.2. The minimum atomic E-state index is -0.0469. The van der Waals surface area contributed by atoms with E-state index in [0.29, 0.717) is 11.4 Å². The van der Waals surface area contributed by atoms with Crippen LogP contribution in [0.1, 0.15) is 12.8 Å². The van der Waals surface area contributed by atoms with Gasteiger partial charge in [0.1, 0.15) is 16.1 Å². The predicted octanol–water partition coefficient (Wildman–Crippen LogP) is 4.14. The summed E-state index contributed by atoms with van der Waals surface area (Å²) >= 11 is 4.69. The number of aromatic nitrogens is 3. The number of anilines is 2. The predicted molar refractivity (Wildman–Crippen MR) is 114 cm³/mol. The van der Waals surface area contributed by atoms with Crippen LogP contribution < -0.4 is 10.2 Å². The van der Waals surface area contributed by atoms with Crippen LogP contribution in [0.15, 0.2) is 40.5 Å². The van der Waals surface area contributed by atoms with Gasteiger partial charge in [-0.25, -0.2) is 9.97 Å². The molecule has 4 rings (SSSR count). The first-order valence-corrected chi connectivity index (χ1v) is 11.7. The number of carbonyl (C=O) groups is 1. The molecule has 3 aromatic rings. The molecule has 0 unspecified atom stereocenters. The third-order valence-electron chi connectivity index (χ3n) is 4.22. The van der Waals surface area contributed by atoms with E-state index in [4.69, 9.17) is 0 Å². The fraction of sp³-hybridized carbons (Fsp3) is 0.333. The fourth-order valence-electron chi connectivity index (χ4n) is 2.90. The van der Waals surface area contributed by atoms with Crippen LogP contribution in [0, 0.1) is 0 Å². The Kier molecular flexibility index (Phi) is 5.80. The number of fused-ring (bicyclic) bond motifs is 1. The van der Waals surface area contributed by atoms with Crippen molar-refractivity contribution in [3.05, 3.63) is 30.6 Å². The zero-order valence-corrected chi connectivity index (χ0v) is 17.3. The molecule has 0 saturated carbocycles. The minimum absolute atomic E-state index is 0.0469. The smallest absolute Gasteiger partial charge is 0.234 e. The summed E-state index contributed by atoms with van der Waals surface area (Å²) in [6, 6.07) is 7.84. The Balaban J connectivity index is 1.44. The maximum atomic E-state index is 12.3. The highest BCUT2D eigenvalue weighted by molar-refractivity contribution is 8.00. The van der Waals surface area contributed by atoms with Gasteiger partial charge < -0.3 is 10.2 Å². The number of nitrogens with one attached hydrogen (secondary N) is 1. The first-order valence-electron chi connectivity index (χ1n) is 8.66. The van der Waals surface area contributed by atoms with Crippen molar-refractivity contribution < 1.29 is 4.79 Å². The average Bonchev–Trinajstić information content (AvgIpc) is 3.36. The third-order valence-corrected chi connectivity index (χ3v) is 7.17. The van der Waals surface area contributed by atoms with E-state index >= 15 is 0 Å². The standard InChI is InChI=1S/C18H19N5OS3/c1-25-13-6-4-5-12(9-13)21-14(24)10-26-17-15-16(19-11-20-17)22-18(27-15)23-7-2-3-8-23/h4-6,9,11H,2-3,7-8,10H2,1H3,(H,21,24). The van der Waals surface area contributed by atoms with E-state index in [-0.39, 0.29) is 5.91 Å². The molecule has 140 valence electrons.